The van der Waals surface area contributed by atoms with Gasteiger partial charge in [-0.15, -0.1) is 0 Å². The van der Waals surface area contributed by atoms with E-state index in [0.29, 0.717) is 12.6 Å². The largest absolute Gasteiger partial charge is 0.493 e. The van der Waals surface area contributed by atoms with Crippen molar-refractivity contribution < 1.29 is 9.47 Å². The van der Waals surface area contributed by atoms with Crippen LogP contribution < -0.4 is 15.4 Å². The van der Waals surface area contributed by atoms with Crippen molar-refractivity contribution in [2.75, 3.05) is 33.4 Å². The summed E-state index contributed by atoms with van der Waals surface area (Å²) in [5, 5.41) is 9.91. The number of hydrogen-bond donors (Lipinski definition) is 2. The number of rotatable bonds is 11. The second kappa shape index (κ2) is 12.0. The number of aryl methyl sites for hydroxylation is 1. The third-order valence-electron chi connectivity index (χ3n) is 5.72. The van der Waals surface area contributed by atoms with Crippen LogP contribution in [0, 0.1) is 0 Å². The highest BCUT2D eigenvalue weighted by Crippen LogP contribution is 2.35. The van der Waals surface area contributed by atoms with E-state index in [-0.39, 0.29) is 0 Å². The second-order valence-corrected chi connectivity index (χ2v) is 8.10. The molecular weight excluding hydrogens is 372 g/mol. The number of hydrogen-bond acceptors (Lipinski definition) is 4. The van der Waals surface area contributed by atoms with Crippen molar-refractivity contribution in [3.05, 3.63) is 47.5 Å². The van der Waals surface area contributed by atoms with Gasteiger partial charge in [-0.25, -0.2) is 0 Å². The maximum Gasteiger partial charge on any atom is 0.127 e. The van der Waals surface area contributed by atoms with Crippen molar-refractivity contribution in [1.29, 1.82) is 0 Å². The Morgan fingerprint density at radius 1 is 1.20 bits per heavy atom. The molecule has 4 heteroatoms. The smallest absolute Gasteiger partial charge is 0.127 e. The highest BCUT2D eigenvalue weighted by atomic mass is 16.5. The van der Waals surface area contributed by atoms with Crippen molar-refractivity contribution in [2.45, 2.75) is 58.4 Å². The first-order chi connectivity index (χ1) is 14.8. The average molecular weight is 411 g/mol. The van der Waals surface area contributed by atoms with Crippen LogP contribution in [0.4, 0.5) is 0 Å². The predicted octanol–water partition coefficient (Wildman–Crippen LogP) is 5.30. The maximum atomic E-state index is 6.27. The summed E-state index contributed by atoms with van der Waals surface area (Å²) in [5.41, 5.74) is 3.97. The Hall–Kier alpha value is -2.04. The molecular formula is C26H38N2O2. The molecule has 1 aliphatic rings. The number of piperidine rings is 1. The van der Waals surface area contributed by atoms with Gasteiger partial charge in [-0.1, -0.05) is 50.6 Å². The summed E-state index contributed by atoms with van der Waals surface area (Å²) in [4.78, 5) is 0. The lowest BCUT2D eigenvalue weighted by atomic mass is 9.92. The Labute approximate surface area is 182 Å². The molecule has 1 saturated heterocycles. The van der Waals surface area contributed by atoms with Crippen LogP contribution in [0.5, 0.6) is 5.75 Å². The van der Waals surface area contributed by atoms with Crippen molar-refractivity contribution in [1.82, 2.24) is 10.6 Å². The molecule has 0 spiro atoms. The minimum Gasteiger partial charge on any atom is -0.493 e. The zero-order valence-corrected chi connectivity index (χ0v) is 18.9. The Kier molecular flexibility index (Phi) is 9.03. The fraction of sp³-hybridized carbons (Fsp3) is 0.538. The van der Waals surface area contributed by atoms with Gasteiger partial charge in [0.1, 0.15) is 5.75 Å². The van der Waals surface area contributed by atoms with E-state index in [0.717, 1.165) is 51.1 Å². The molecule has 2 N–H and O–H groups in total. The fourth-order valence-electron chi connectivity index (χ4n) is 4.31. The highest BCUT2D eigenvalue weighted by molar-refractivity contribution is 5.95. The highest BCUT2D eigenvalue weighted by Gasteiger charge is 2.19. The van der Waals surface area contributed by atoms with E-state index in [1.54, 1.807) is 7.11 Å². The molecule has 164 valence electrons. The van der Waals surface area contributed by atoms with Gasteiger partial charge >= 0.3 is 0 Å². The molecule has 1 fully saturated rings. The molecule has 3 rings (SSSR count). The number of nitrogens with one attached hydrogen (secondary N) is 2. The van der Waals surface area contributed by atoms with Crippen LogP contribution in [0.25, 0.3) is 16.5 Å². The van der Waals surface area contributed by atoms with Crippen molar-refractivity contribution in [2.24, 2.45) is 0 Å². The van der Waals surface area contributed by atoms with Gasteiger partial charge in [0.05, 0.1) is 6.61 Å². The molecule has 0 aliphatic carbocycles. The molecule has 1 unspecified atom stereocenters. The first kappa shape index (κ1) is 22.6. The van der Waals surface area contributed by atoms with Gasteiger partial charge < -0.3 is 20.1 Å². The summed E-state index contributed by atoms with van der Waals surface area (Å²) in [6, 6.07) is 11.4. The molecule has 4 nitrogen and oxygen atoms in total. The molecule has 2 aromatic rings. The maximum absolute atomic E-state index is 6.27. The Morgan fingerprint density at radius 3 is 2.73 bits per heavy atom. The van der Waals surface area contributed by atoms with Crippen LogP contribution in [0.2, 0.25) is 0 Å². The summed E-state index contributed by atoms with van der Waals surface area (Å²) in [7, 11) is 1.74. The molecule has 1 atom stereocenters. The summed E-state index contributed by atoms with van der Waals surface area (Å²) in [6.07, 6.45) is 8.86. The van der Waals surface area contributed by atoms with Crippen LogP contribution in [0.3, 0.4) is 0 Å². The summed E-state index contributed by atoms with van der Waals surface area (Å²) >= 11 is 0. The van der Waals surface area contributed by atoms with Crippen molar-refractivity contribution in [3.8, 4) is 5.75 Å². The topological polar surface area (TPSA) is 42.5 Å². The number of benzene rings is 2. The second-order valence-electron chi connectivity index (χ2n) is 8.10. The predicted molar refractivity (Wildman–Crippen MR) is 127 cm³/mol. The first-order valence-corrected chi connectivity index (χ1v) is 11.6. The molecule has 0 radical (unpaired) electrons. The summed E-state index contributed by atoms with van der Waals surface area (Å²) in [6.45, 7) is 8.01. The Balaban J connectivity index is 2.02. The van der Waals surface area contributed by atoms with Crippen LogP contribution in [-0.2, 0) is 11.2 Å². The van der Waals surface area contributed by atoms with Crippen LogP contribution >= 0.6 is 0 Å². The van der Waals surface area contributed by atoms with Crippen LogP contribution in [0.1, 0.15) is 57.1 Å². The van der Waals surface area contributed by atoms with E-state index in [1.807, 2.05) is 0 Å². The zero-order chi connectivity index (χ0) is 21.2. The summed E-state index contributed by atoms with van der Waals surface area (Å²) in [5.74, 6) is 0.974. The molecule has 0 amide bonds. The molecule has 0 bridgehead atoms. The molecule has 0 aromatic heterocycles. The van der Waals surface area contributed by atoms with Crippen molar-refractivity contribution >= 4 is 16.5 Å². The van der Waals surface area contributed by atoms with E-state index >= 15 is 0 Å². The quantitative estimate of drug-likeness (QED) is 0.493. The number of allylic oxidation sites excluding steroid dienone is 1. The van der Waals surface area contributed by atoms with Crippen LogP contribution in [-0.4, -0.2) is 39.5 Å². The Bertz CT molecular complexity index is 825. The third-order valence-corrected chi connectivity index (χ3v) is 5.72. The standard InChI is InChI=1S/C26H38N2O2/c1-4-10-21-22-13-6-7-14-23(22)26(30-17-9-16-29-3)18-24(21)25(11-5-2)28-20-12-8-15-27-19-20/h6-7,11,13-14,18,20,27-28H,4-5,8-10,12,15-17,19H2,1-3H3/b25-11+. The van der Waals surface area contributed by atoms with E-state index in [2.05, 4.69) is 60.9 Å². The number of ether oxygens (including phenoxy) is 2. The third kappa shape index (κ3) is 5.77. The van der Waals surface area contributed by atoms with Gasteiger partial charge in [0, 0.05) is 49.4 Å². The summed E-state index contributed by atoms with van der Waals surface area (Å²) < 4.78 is 11.5. The minimum atomic E-state index is 0.476. The first-order valence-electron chi connectivity index (χ1n) is 11.6. The van der Waals surface area contributed by atoms with E-state index in [1.165, 1.54) is 40.4 Å². The molecule has 1 aliphatic heterocycles. The van der Waals surface area contributed by atoms with E-state index in [4.69, 9.17) is 9.47 Å². The van der Waals surface area contributed by atoms with Gasteiger partial charge in [0.2, 0.25) is 0 Å². The molecule has 2 aromatic carbocycles. The van der Waals surface area contributed by atoms with Gasteiger partial charge in [-0.2, -0.15) is 0 Å². The monoisotopic (exact) mass is 410 g/mol. The molecule has 30 heavy (non-hydrogen) atoms. The lowest BCUT2D eigenvalue weighted by Crippen LogP contribution is -2.42. The normalized spacial score (nSPS) is 17.3. The average Bonchev–Trinajstić information content (AvgIpc) is 2.78. The Morgan fingerprint density at radius 2 is 2.03 bits per heavy atom. The lowest BCUT2D eigenvalue weighted by molar-refractivity contribution is 0.172. The zero-order valence-electron chi connectivity index (χ0n) is 18.9. The van der Waals surface area contributed by atoms with Crippen LogP contribution in [0.15, 0.2) is 36.4 Å². The minimum absolute atomic E-state index is 0.476. The molecule has 1 heterocycles. The number of fused-ring (bicyclic) bond motifs is 1. The van der Waals surface area contributed by atoms with Gasteiger partial charge in [0.25, 0.3) is 0 Å². The van der Waals surface area contributed by atoms with E-state index < -0.39 is 0 Å². The van der Waals surface area contributed by atoms with E-state index in [9.17, 15) is 0 Å². The van der Waals surface area contributed by atoms with Crippen molar-refractivity contribution in [3.63, 3.8) is 0 Å². The SMILES string of the molecule is CC/C=C(/NC1CCCNC1)c1cc(OCCCOC)c2ccccc2c1CCC. The molecule has 0 saturated carbocycles. The van der Waals surface area contributed by atoms with Gasteiger partial charge in [0.15, 0.2) is 0 Å². The van der Waals surface area contributed by atoms with Gasteiger partial charge in [-0.05, 0) is 49.2 Å². The number of methoxy groups -OCH3 is 1. The fourth-order valence-corrected chi connectivity index (χ4v) is 4.31. The lowest BCUT2D eigenvalue weighted by Gasteiger charge is -2.28. The van der Waals surface area contributed by atoms with Gasteiger partial charge in [-0.3, -0.25) is 0 Å².